The Morgan fingerprint density at radius 3 is 2.79 bits per heavy atom. The van der Waals surface area contributed by atoms with Crippen LogP contribution in [0.1, 0.15) is 5.69 Å². The van der Waals surface area contributed by atoms with Crippen LogP contribution in [0.3, 0.4) is 0 Å². The zero-order valence-electron chi connectivity index (χ0n) is 12.7. The Morgan fingerprint density at radius 2 is 2.08 bits per heavy atom. The summed E-state index contributed by atoms with van der Waals surface area (Å²) in [6, 6.07) is 11.9. The second-order valence-electron chi connectivity index (χ2n) is 4.85. The normalized spacial score (nSPS) is 10.6. The lowest BCUT2D eigenvalue weighted by atomic mass is 10.1. The number of benzene rings is 1. The summed E-state index contributed by atoms with van der Waals surface area (Å²) in [5.74, 6) is 0.0998. The summed E-state index contributed by atoms with van der Waals surface area (Å²) < 4.78 is 0.875. The molecule has 0 bridgehead atoms. The van der Waals surface area contributed by atoms with Gasteiger partial charge in [-0.1, -0.05) is 53.4 Å². The van der Waals surface area contributed by atoms with Crippen LogP contribution in [0.2, 0.25) is 0 Å². The van der Waals surface area contributed by atoms with Crippen LogP contribution in [-0.2, 0) is 4.79 Å². The van der Waals surface area contributed by atoms with Crippen LogP contribution < -0.4 is 5.32 Å². The Bertz CT molecular complexity index is 854. The molecule has 0 radical (unpaired) electrons. The number of nitrogens with zero attached hydrogens (tertiary/aromatic N) is 3. The third-order valence-electron chi connectivity index (χ3n) is 2.96. The van der Waals surface area contributed by atoms with Crippen LogP contribution in [-0.4, -0.2) is 26.6 Å². The lowest BCUT2D eigenvalue weighted by Gasteiger charge is -2.06. The molecule has 0 unspecified atom stereocenters. The predicted molar refractivity (Wildman–Crippen MR) is 101 cm³/mol. The quantitative estimate of drug-likeness (QED) is 0.489. The Hall–Kier alpha value is -1.77. The van der Waals surface area contributed by atoms with Crippen molar-refractivity contribution in [3.63, 3.8) is 0 Å². The first-order valence-corrected chi connectivity index (χ1v) is 9.65. The maximum Gasteiger partial charge on any atom is 0.236 e. The van der Waals surface area contributed by atoms with E-state index in [4.69, 9.17) is 0 Å². The SMILES string of the molecule is Cc1cc(-c2ccccc2)nc(SCC(=O)Nc2ncc(Br)s2)n1. The zero-order valence-corrected chi connectivity index (χ0v) is 15.9. The molecule has 1 N–H and O–H groups in total. The molecule has 2 aromatic heterocycles. The maximum absolute atomic E-state index is 12.0. The number of aromatic nitrogens is 3. The van der Waals surface area contributed by atoms with Crippen molar-refractivity contribution in [1.82, 2.24) is 15.0 Å². The highest BCUT2D eigenvalue weighted by Crippen LogP contribution is 2.24. The lowest BCUT2D eigenvalue weighted by Crippen LogP contribution is -2.14. The Labute approximate surface area is 156 Å². The van der Waals surface area contributed by atoms with E-state index in [1.54, 1.807) is 6.20 Å². The molecule has 1 amide bonds. The molecular formula is C16H13BrN4OS2. The van der Waals surface area contributed by atoms with Gasteiger partial charge in [0.25, 0.3) is 0 Å². The van der Waals surface area contributed by atoms with Crippen molar-refractivity contribution < 1.29 is 4.79 Å². The van der Waals surface area contributed by atoms with Crippen LogP contribution in [0.4, 0.5) is 5.13 Å². The first-order chi connectivity index (χ1) is 11.6. The number of rotatable bonds is 5. The third kappa shape index (κ3) is 4.62. The number of carbonyl (C=O) groups is 1. The van der Waals surface area contributed by atoms with Crippen molar-refractivity contribution >= 4 is 50.1 Å². The van der Waals surface area contributed by atoms with Crippen molar-refractivity contribution in [3.05, 3.63) is 52.1 Å². The van der Waals surface area contributed by atoms with Crippen LogP contribution in [0.15, 0.2) is 51.5 Å². The first-order valence-electron chi connectivity index (χ1n) is 7.05. The van der Waals surface area contributed by atoms with Crippen LogP contribution >= 0.6 is 39.0 Å². The van der Waals surface area contributed by atoms with Crippen molar-refractivity contribution in [2.24, 2.45) is 0 Å². The first kappa shape index (κ1) is 17.1. The molecule has 3 aromatic rings. The highest BCUT2D eigenvalue weighted by atomic mass is 79.9. The molecule has 0 spiro atoms. The van der Waals surface area contributed by atoms with Gasteiger partial charge in [0.05, 0.1) is 21.4 Å². The van der Waals surface area contributed by atoms with Crippen molar-refractivity contribution in [2.75, 3.05) is 11.1 Å². The molecule has 0 fully saturated rings. The Balaban J connectivity index is 1.67. The summed E-state index contributed by atoms with van der Waals surface area (Å²) in [6.45, 7) is 1.92. The third-order valence-corrected chi connectivity index (χ3v) is 5.20. The van der Waals surface area contributed by atoms with Gasteiger partial charge in [-0.15, -0.1) is 0 Å². The molecule has 122 valence electrons. The van der Waals surface area contributed by atoms with E-state index in [9.17, 15) is 4.79 Å². The Morgan fingerprint density at radius 1 is 1.29 bits per heavy atom. The van der Waals surface area contributed by atoms with Crippen molar-refractivity contribution in [3.8, 4) is 11.3 Å². The van der Waals surface area contributed by atoms with E-state index in [0.29, 0.717) is 10.3 Å². The number of hydrogen-bond acceptors (Lipinski definition) is 6. The molecule has 0 aliphatic heterocycles. The average Bonchev–Trinajstić information content (AvgIpc) is 2.98. The minimum Gasteiger partial charge on any atom is -0.301 e. The van der Waals surface area contributed by atoms with E-state index in [1.165, 1.54) is 23.1 Å². The second-order valence-corrected chi connectivity index (χ2v) is 8.20. The number of anilines is 1. The van der Waals surface area contributed by atoms with Gasteiger partial charge in [0.1, 0.15) is 0 Å². The average molecular weight is 421 g/mol. The minimum absolute atomic E-state index is 0.131. The van der Waals surface area contributed by atoms with Gasteiger partial charge >= 0.3 is 0 Å². The lowest BCUT2D eigenvalue weighted by molar-refractivity contribution is -0.113. The van der Waals surface area contributed by atoms with Gasteiger partial charge in [-0.25, -0.2) is 15.0 Å². The fourth-order valence-electron chi connectivity index (χ4n) is 1.96. The molecule has 8 heteroatoms. The van der Waals surface area contributed by atoms with Crippen molar-refractivity contribution in [2.45, 2.75) is 12.1 Å². The molecule has 0 saturated heterocycles. The molecule has 0 atom stereocenters. The fourth-order valence-corrected chi connectivity index (χ4v) is 3.79. The van der Waals surface area contributed by atoms with E-state index in [-0.39, 0.29) is 11.7 Å². The molecule has 1 aromatic carbocycles. The molecular weight excluding hydrogens is 408 g/mol. The molecule has 0 saturated carbocycles. The largest absolute Gasteiger partial charge is 0.301 e. The van der Waals surface area contributed by atoms with Gasteiger partial charge in [-0.05, 0) is 28.9 Å². The second kappa shape index (κ2) is 7.87. The summed E-state index contributed by atoms with van der Waals surface area (Å²) in [5, 5.41) is 3.92. The standard InChI is InChI=1S/C16H13BrN4OS2/c1-10-7-12(11-5-3-2-4-6-11)20-16(19-10)23-9-14(22)21-15-18-8-13(17)24-15/h2-8H,9H2,1H3,(H,18,21,22). The summed E-state index contributed by atoms with van der Waals surface area (Å²) in [5.41, 5.74) is 2.76. The van der Waals surface area contributed by atoms with E-state index in [0.717, 1.165) is 20.7 Å². The molecule has 0 aliphatic carbocycles. The number of thiazole rings is 1. The molecule has 0 aliphatic rings. The zero-order chi connectivity index (χ0) is 16.9. The minimum atomic E-state index is -0.131. The van der Waals surface area contributed by atoms with Crippen molar-refractivity contribution in [1.29, 1.82) is 0 Å². The van der Waals surface area contributed by atoms with E-state index in [2.05, 4.69) is 36.2 Å². The predicted octanol–water partition coefficient (Wildman–Crippen LogP) is 4.40. The number of halogens is 1. The summed E-state index contributed by atoms with van der Waals surface area (Å²) in [6.07, 6.45) is 1.66. The topological polar surface area (TPSA) is 67.8 Å². The molecule has 24 heavy (non-hydrogen) atoms. The number of aryl methyl sites for hydroxylation is 1. The summed E-state index contributed by atoms with van der Waals surface area (Å²) in [4.78, 5) is 25.0. The highest BCUT2D eigenvalue weighted by Gasteiger charge is 2.10. The molecule has 5 nitrogen and oxygen atoms in total. The van der Waals surface area contributed by atoms with E-state index in [1.807, 2.05) is 43.3 Å². The van der Waals surface area contributed by atoms with Gasteiger partial charge < -0.3 is 5.32 Å². The van der Waals surface area contributed by atoms with Crippen LogP contribution in [0, 0.1) is 6.92 Å². The van der Waals surface area contributed by atoms with Gasteiger partial charge in [-0.2, -0.15) is 0 Å². The number of amides is 1. The number of thioether (sulfide) groups is 1. The Kier molecular flexibility index (Phi) is 5.60. The number of nitrogens with one attached hydrogen (secondary N) is 1. The number of hydrogen-bond donors (Lipinski definition) is 1. The van der Waals surface area contributed by atoms with E-state index >= 15 is 0 Å². The monoisotopic (exact) mass is 420 g/mol. The smallest absolute Gasteiger partial charge is 0.236 e. The van der Waals surface area contributed by atoms with Gasteiger partial charge in [0.15, 0.2) is 10.3 Å². The molecule has 2 heterocycles. The van der Waals surface area contributed by atoms with Gasteiger partial charge in [0, 0.05) is 11.3 Å². The van der Waals surface area contributed by atoms with Crippen LogP contribution in [0.25, 0.3) is 11.3 Å². The summed E-state index contributed by atoms with van der Waals surface area (Å²) in [7, 11) is 0. The fraction of sp³-hybridized carbons (Fsp3) is 0.125. The van der Waals surface area contributed by atoms with Gasteiger partial charge in [-0.3, -0.25) is 4.79 Å². The van der Waals surface area contributed by atoms with E-state index < -0.39 is 0 Å². The maximum atomic E-state index is 12.0. The van der Waals surface area contributed by atoms with Gasteiger partial charge in [0.2, 0.25) is 5.91 Å². The summed E-state index contributed by atoms with van der Waals surface area (Å²) >= 11 is 6.00. The number of carbonyl (C=O) groups excluding carboxylic acids is 1. The highest BCUT2D eigenvalue weighted by molar-refractivity contribution is 9.11. The molecule has 3 rings (SSSR count). The van der Waals surface area contributed by atoms with Crippen LogP contribution in [0.5, 0.6) is 0 Å².